The van der Waals surface area contributed by atoms with Crippen molar-refractivity contribution in [2.45, 2.75) is 51.0 Å². The van der Waals surface area contributed by atoms with Gasteiger partial charge in [0.1, 0.15) is 0 Å². The molecule has 0 aromatic rings. The summed E-state index contributed by atoms with van der Waals surface area (Å²) in [5, 5.41) is 10.5. The highest BCUT2D eigenvalue weighted by Gasteiger charge is 2.39. The molecule has 1 saturated heterocycles. The Morgan fingerprint density at radius 2 is 1.64 bits per heavy atom. The SMILES string of the molecule is CC1CCC(C2(O)CCOCC2)CC1. The summed E-state index contributed by atoms with van der Waals surface area (Å²) in [5.74, 6) is 1.41. The molecule has 14 heavy (non-hydrogen) atoms. The lowest BCUT2D eigenvalue weighted by atomic mass is 9.71. The van der Waals surface area contributed by atoms with Crippen LogP contribution in [0.5, 0.6) is 0 Å². The fourth-order valence-electron chi connectivity index (χ4n) is 2.93. The summed E-state index contributed by atoms with van der Waals surface area (Å²) in [6.07, 6.45) is 6.75. The first-order valence-electron chi connectivity index (χ1n) is 6.01. The summed E-state index contributed by atoms with van der Waals surface area (Å²) in [4.78, 5) is 0. The number of aliphatic hydroxyl groups is 1. The van der Waals surface area contributed by atoms with E-state index in [1.807, 2.05) is 0 Å². The quantitative estimate of drug-likeness (QED) is 0.701. The van der Waals surface area contributed by atoms with Crippen molar-refractivity contribution in [2.75, 3.05) is 13.2 Å². The molecule has 2 aliphatic rings. The van der Waals surface area contributed by atoms with Crippen LogP contribution < -0.4 is 0 Å². The Hall–Kier alpha value is -0.0800. The van der Waals surface area contributed by atoms with Gasteiger partial charge in [-0.1, -0.05) is 19.8 Å². The van der Waals surface area contributed by atoms with E-state index in [-0.39, 0.29) is 0 Å². The maximum Gasteiger partial charge on any atom is 0.0719 e. The molecule has 1 N–H and O–H groups in total. The van der Waals surface area contributed by atoms with Crippen LogP contribution in [0.3, 0.4) is 0 Å². The van der Waals surface area contributed by atoms with Crippen molar-refractivity contribution in [2.24, 2.45) is 11.8 Å². The number of rotatable bonds is 1. The predicted octanol–water partition coefficient (Wildman–Crippen LogP) is 2.35. The molecular weight excluding hydrogens is 176 g/mol. The van der Waals surface area contributed by atoms with E-state index < -0.39 is 5.60 Å². The largest absolute Gasteiger partial charge is 0.389 e. The maximum absolute atomic E-state index is 10.5. The van der Waals surface area contributed by atoms with Gasteiger partial charge < -0.3 is 9.84 Å². The van der Waals surface area contributed by atoms with Crippen LogP contribution in [0.1, 0.15) is 45.4 Å². The van der Waals surface area contributed by atoms with Crippen molar-refractivity contribution in [1.29, 1.82) is 0 Å². The third kappa shape index (κ3) is 2.12. The molecule has 82 valence electrons. The predicted molar refractivity (Wildman–Crippen MR) is 56.1 cm³/mol. The van der Waals surface area contributed by atoms with Crippen molar-refractivity contribution >= 4 is 0 Å². The van der Waals surface area contributed by atoms with Crippen LogP contribution in [0.25, 0.3) is 0 Å². The van der Waals surface area contributed by atoms with Gasteiger partial charge in [-0.05, 0) is 37.5 Å². The van der Waals surface area contributed by atoms with Gasteiger partial charge in [-0.25, -0.2) is 0 Å². The minimum absolute atomic E-state index is 0.390. The van der Waals surface area contributed by atoms with Crippen molar-refractivity contribution in [3.63, 3.8) is 0 Å². The molecule has 1 aliphatic heterocycles. The average Bonchev–Trinajstić information content (AvgIpc) is 2.19. The zero-order chi connectivity index (χ0) is 10.0. The minimum Gasteiger partial charge on any atom is -0.389 e. The van der Waals surface area contributed by atoms with Crippen LogP contribution in [-0.4, -0.2) is 23.9 Å². The second-order valence-electron chi connectivity index (χ2n) is 5.17. The maximum atomic E-state index is 10.5. The summed E-state index contributed by atoms with van der Waals surface area (Å²) in [6, 6.07) is 0. The van der Waals surface area contributed by atoms with Gasteiger partial charge in [-0.2, -0.15) is 0 Å². The van der Waals surface area contributed by atoms with E-state index in [2.05, 4.69) is 6.92 Å². The normalized spacial score (nSPS) is 38.1. The van der Waals surface area contributed by atoms with E-state index in [9.17, 15) is 5.11 Å². The van der Waals surface area contributed by atoms with E-state index in [0.717, 1.165) is 32.0 Å². The van der Waals surface area contributed by atoms with Gasteiger partial charge in [0.2, 0.25) is 0 Å². The topological polar surface area (TPSA) is 29.5 Å². The molecule has 0 aromatic heterocycles. The van der Waals surface area contributed by atoms with Crippen LogP contribution in [0, 0.1) is 11.8 Å². The third-order valence-electron chi connectivity index (χ3n) is 4.13. The van der Waals surface area contributed by atoms with E-state index in [1.165, 1.54) is 25.7 Å². The molecule has 0 aromatic carbocycles. The van der Waals surface area contributed by atoms with E-state index >= 15 is 0 Å². The molecule has 0 bridgehead atoms. The van der Waals surface area contributed by atoms with Crippen LogP contribution in [-0.2, 0) is 4.74 Å². The Morgan fingerprint density at radius 3 is 2.21 bits per heavy atom. The van der Waals surface area contributed by atoms with Crippen LogP contribution in [0.2, 0.25) is 0 Å². The minimum atomic E-state index is -0.390. The molecule has 0 amide bonds. The fraction of sp³-hybridized carbons (Fsp3) is 1.00. The Bertz CT molecular complexity index is 177. The molecule has 2 rings (SSSR count). The molecule has 1 aliphatic carbocycles. The zero-order valence-corrected chi connectivity index (χ0v) is 9.17. The van der Waals surface area contributed by atoms with Gasteiger partial charge in [-0.15, -0.1) is 0 Å². The lowest BCUT2D eigenvalue weighted by molar-refractivity contribution is -0.109. The Labute approximate surface area is 86.6 Å². The van der Waals surface area contributed by atoms with Crippen molar-refractivity contribution in [3.05, 3.63) is 0 Å². The van der Waals surface area contributed by atoms with E-state index in [1.54, 1.807) is 0 Å². The smallest absolute Gasteiger partial charge is 0.0719 e. The molecule has 1 saturated carbocycles. The standard InChI is InChI=1S/C12H22O2/c1-10-2-4-11(5-3-10)12(13)6-8-14-9-7-12/h10-11,13H,2-9H2,1H3. The monoisotopic (exact) mass is 198 g/mol. The van der Waals surface area contributed by atoms with Crippen molar-refractivity contribution < 1.29 is 9.84 Å². The van der Waals surface area contributed by atoms with Gasteiger partial charge in [0, 0.05) is 13.2 Å². The van der Waals surface area contributed by atoms with Crippen molar-refractivity contribution in [1.82, 2.24) is 0 Å². The summed E-state index contributed by atoms with van der Waals surface area (Å²) in [7, 11) is 0. The van der Waals surface area contributed by atoms with Crippen molar-refractivity contribution in [3.8, 4) is 0 Å². The second-order valence-corrected chi connectivity index (χ2v) is 5.17. The van der Waals surface area contributed by atoms with E-state index in [0.29, 0.717) is 5.92 Å². The van der Waals surface area contributed by atoms with Gasteiger partial charge in [0.25, 0.3) is 0 Å². The lowest BCUT2D eigenvalue weighted by Gasteiger charge is -2.42. The van der Waals surface area contributed by atoms with Gasteiger partial charge >= 0.3 is 0 Å². The van der Waals surface area contributed by atoms with Gasteiger partial charge in [0.05, 0.1) is 5.60 Å². The first kappa shape index (κ1) is 10.4. The second kappa shape index (κ2) is 4.19. The van der Waals surface area contributed by atoms with Gasteiger partial charge in [-0.3, -0.25) is 0 Å². The summed E-state index contributed by atoms with van der Waals surface area (Å²) >= 11 is 0. The molecule has 0 spiro atoms. The fourth-order valence-corrected chi connectivity index (χ4v) is 2.93. The van der Waals surface area contributed by atoms with E-state index in [4.69, 9.17) is 4.74 Å². The highest BCUT2D eigenvalue weighted by molar-refractivity contribution is 4.90. The number of ether oxygens (including phenoxy) is 1. The average molecular weight is 198 g/mol. The first-order valence-corrected chi connectivity index (χ1v) is 6.01. The highest BCUT2D eigenvalue weighted by atomic mass is 16.5. The zero-order valence-electron chi connectivity index (χ0n) is 9.17. The summed E-state index contributed by atoms with van der Waals surface area (Å²) in [5.41, 5.74) is -0.390. The molecule has 2 fully saturated rings. The number of hydrogen-bond donors (Lipinski definition) is 1. The molecule has 2 nitrogen and oxygen atoms in total. The summed E-state index contributed by atoms with van der Waals surface area (Å²) in [6.45, 7) is 3.83. The Morgan fingerprint density at radius 1 is 1.07 bits per heavy atom. The molecule has 1 heterocycles. The first-order chi connectivity index (χ1) is 6.71. The molecule has 0 radical (unpaired) electrons. The third-order valence-corrected chi connectivity index (χ3v) is 4.13. The van der Waals surface area contributed by atoms with Gasteiger partial charge in [0.15, 0.2) is 0 Å². The van der Waals surface area contributed by atoms with Crippen LogP contribution in [0.15, 0.2) is 0 Å². The molecular formula is C12H22O2. The molecule has 0 unspecified atom stereocenters. The Kier molecular flexibility index (Phi) is 3.13. The highest BCUT2D eigenvalue weighted by Crippen LogP contribution is 2.39. The molecule has 2 heteroatoms. The number of hydrogen-bond acceptors (Lipinski definition) is 2. The molecule has 0 atom stereocenters. The van der Waals surface area contributed by atoms with Crippen LogP contribution >= 0.6 is 0 Å². The summed E-state index contributed by atoms with van der Waals surface area (Å²) < 4.78 is 5.32. The van der Waals surface area contributed by atoms with Crippen LogP contribution in [0.4, 0.5) is 0 Å². The lowest BCUT2D eigenvalue weighted by Crippen LogP contribution is -2.44. The Balaban J connectivity index is 1.92.